The minimum Gasteiger partial charge on any atom is -0.391 e. The molecule has 3 heterocycles. The largest absolute Gasteiger partial charge is 0.391 e. The van der Waals surface area contributed by atoms with Gasteiger partial charge in [-0.3, -0.25) is 0 Å². The van der Waals surface area contributed by atoms with Crippen LogP contribution in [-0.2, 0) is 13.0 Å². The fourth-order valence-corrected chi connectivity index (χ4v) is 3.22. The summed E-state index contributed by atoms with van der Waals surface area (Å²) < 4.78 is 0. The van der Waals surface area contributed by atoms with Crippen LogP contribution in [0, 0.1) is 0 Å². The zero-order valence-corrected chi connectivity index (χ0v) is 15.1. The van der Waals surface area contributed by atoms with Gasteiger partial charge in [-0.1, -0.05) is 6.92 Å². The first-order chi connectivity index (χ1) is 12.0. The van der Waals surface area contributed by atoms with E-state index in [0.29, 0.717) is 13.1 Å². The van der Waals surface area contributed by atoms with E-state index >= 15 is 0 Å². The summed E-state index contributed by atoms with van der Waals surface area (Å²) in [4.78, 5) is 20.6. The van der Waals surface area contributed by atoms with Gasteiger partial charge in [0.2, 0.25) is 0 Å². The standard InChI is InChI=1S/C17H27N7O/c1-4-12-7-18-16(22-12)8-19-15-6-17(21-11-20-15)24-10-14(25)5-13(24)9-23(2)3/h6-7,11,13-14,25H,4-5,8-10H2,1-3H3,(H,18,22)(H,19,20,21)/t13-,14-/m1/s1. The molecule has 1 aliphatic heterocycles. The molecule has 3 rings (SSSR count). The number of H-pyrrole nitrogens is 1. The van der Waals surface area contributed by atoms with Crippen LogP contribution in [0.1, 0.15) is 24.9 Å². The Kier molecular flexibility index (Phi) is 5.50. The van der Waals surface area contributed by atoms with Crippen LogP contribution in [0.15, 0.2) is 18.6 Å². The van der Waals surface area contributed by atoms with Crippen molar-refractivity contribution >= 4 is 11.6 Å². The van der Waals surface area contributed by atoms with Crippen molar-refractivity contribution in [2.75, 3.05) is 37.4 Å². The van der Waals surface area contributed by atoms with E-state index in [1.165, 1.54) is 0 Å². The molecule has 2 aromatic rings. The van der Waals surface area contributed by atoms with Crippen LogP contribution in [-0.4, -0.2) is 69.3 Å². The van der Waals surface area contributed by atoms with Gasteiger partial charge in [0.1, 0.15) is 23.8 Å². The molecule has 0 amide bonds. The molecular weight excluding hydrogens is 318 g/mol. The molecule has 0 bridgehead atoms. The van der Waals surface area contributed by atoms with Gasteiger partial charge in [-0.2, -0.15) is 0 Å². The lowest BCUT2D eigenvalue weighted by atomic mass is 10.2. The molecule has 1 aliphatic rings. The Labute approximate surface area is 148 Å². The number of nitrogens with one attached hydrogen (secondary N) is 2. The number of aliphatic hydroxyl groups excluding tert-OH is 1. The van der Waals surface area contributed by atoms with Crippen LogP contribution in [0.2, 0.25) is 0 Å². The number of imidazole rings is 1. The fourth-order valence-electron chi connectivity index (χ4n) is 3.22. The molecule has 0 saturated carbocycles. The lowest BCUT2D eigenvalue weighted by Gasteiger charge is -2.27. The van der Waals surface area contributed by atoms with Gasteiger partial charge >= 0.3 is 0 Å². The van der Waals surface area contributed by atoms with E-state index in [-0.39, 0.29) is 12.1 Å². The van der Waals surface area contributed by atoms with Crippen molar-refractivity contribution in [3.8, 4) is 0 Å². The highest BCUT2D eigenvalue weighted by Gasteiger charge is 2.32. The Morgan fingerprint density at radius 1 is 1.36 bits per heavy atom. The molecule has 0 unspecified atom stereocenters. The van der Waals surface area contributed by atoms with Crippen LogP contribution < -0.4 is 10.2 Å². The summed E-state index contributed by atoms with van der Waals surface area (Å²) in [5, 5.41) is 13.3. The molecule has 0 spiro atoms. The van der Waals surface area contributed by atoms with Gasteiger partial charge in [-0.05, 0) is 26.9 Å². The first-order valence-corrected chi connectivity index (χ1v) is 8.73. The van der Waals surface area contributed by atoms with E-state index in [2.05, 4.69) is 42.0 Å². The molecule has 1 saturated heterocycles. The molecule has 3 N–H and O–H groups in total. The topological polar surface area (TPSA) is 93.2 Å². The van der Waals surface area contributed by atoms with E-state index < -0.39 is 0 Å². The van der Waals surface area contributed by atoms with Crippen LogP contribution in [0.4, 0.5) is 11.6 Å². The zero-order chi connectivity index (χ0) is 17.8. The summed E-state index contributed by atoms with van der Waals surface area (Å²) >= 11 is 0. The lowest BCUT2D eigenvalue weighted by Crippen LogP contribution is -2.38. The molecular formula is C17H27N7O. The van der Waals surface area contributed by atoms with Crippen molar-refractivity contribution < 1.29 is 5.11 Å². The second-order valence-corrected chi connectivity index (χ2v) is 6.78. The molecule has 2 atom stereocenters. The number of β-amino-alcohol motifs (C(OH)–C–C–N with tert-alkyl or cyclic N) is 1. The van der Waals surface area contributed by atoms with Crippen molar-refractivity contribution in [2.45, 2.75) is 38.5 Å². The number of aryl methyl sites for hydroxylation is 1. The number of anilines is 2. The first kappa shape index (κ1) is 17.6. The quantitative estimate of drug-likeness (QED) is 0.686. The third kappa shape index (κ3) is 4.46. The van der Waals surface area contributed by atoms with E-state index in [4.69, 9.17) is 0 Å². The average molecular weight is 345 g/mol. The highest BCUT2D eigenvalue weighted by molar-refractivity contribution is 5.50. The maximum atomic E-state index is 10.1. The number of aromatic nitrogens is 4. The van der Waals surface area contributed by atoms with Crippen LogP contribution in [0.25, 0.3) is 0 Å². The maximum absolute atomic E-state index is 10.1. The lowest BCUT2D eigenvalue weighted by molar-refractivity contribution is 0.191. The van der Waals surface area contributed by atoms with E-state index in [1.54, 1.807) is 6.33 Å². The summed E-state index contributed by atoms with van der Waals surface area (Å²) in [6, 6.07) is 2.19. The summed E-state index contributed by atoms with van der Waals surface area (Å²) in [5.74, 6) is 2.48. The van der Waals surface area contributed by atoms with Crippen molar-refractivity contribution in [3.63, 3.8) is 0 Å². The molecule has 1 fully saturated rings. The summed E-state index contributed by atoms with van der Waals surface area (Å²) in [7, 11) is 4.09. The monoisotopic (exact) mass is 345 g/mol. The van der Waals surface area contributed by atoms with Gasteiger partial charge in [0.25, 0.3) is 0 Å². The number of aromatic amines is 1. The zero-order valence-electron chi connectivity index (χ0n) is 15.1. The number of likely N-dealkylation sites (N-methyl/N-ethyl adjacent to an activating group) is 1. The third-order valence-electron chi connectivity index (χ3n) is 4.41. The second kappa shape index (κ2) is 7.79. The number of aliphatic hydroxyl groups is 1. The normalized spacial score (nSPS) is 20.4. The summed E-state index contributed by atoms with van der Waals surface area (Å²) in [6.07, 6.45) is 4.81. The Morgan fingerprint density at radius 2 is 2.20 bits per heavy atom. The van der Waals surface area contributed by atoms with Crippen LogP contribution in [0.5, 0.6) is 0 Å². The minimum absolute atomic E-state index is 0.255. The van der Waals surface area contributed by atoms with Gasteiger partial charge in [-0.15, -0.1) is 0 Å². The maximum Gasteiger partial charge on any atom is 0.134 e. The Hall–Kier alpha value is -2.19. The third-order valence-corrected chi connectivity index (χ3v) is 4.41. The molecule has 0 radical (unpaired) electrons. The molecule has 0 aromatic carbocycles. The average Bonchev–Trinajstić information content (AvgIpc) is 3.19. The molecule has 25 heavy (non-hydrogen) atoms. The highest BCUT2D eigenvalue weighted by Crippen LogP contribution is 2.25. The predicted molar refractivity (Wildman–Crippen MR) is 97.6 cm³/mol. The SMILES string of the molecule is CCc1cnc(CNc2cc(N3C[C@H](O)C[C@@H]3CN(C)C)ncn2)[nH]1. The van der Waals surface area contributed by atoms with Crippen molar-refractivity contribution in [1.82, 2.24) is 24.8 Å². The fraction of sp³-hybridized carbons (Fsp3) is 0.588. The number of rotatable bonds is 7. The highest BCUT2D eigenvalue weighted by atomic mass is 16.3. The minimum atomic E-state index is -0.313. The molecule has 8 heteroatoms. The number of hydrogen-bond acceptors (Lipinski definition) is 7. The summed E-state index contributed by atoms with van der Waals surface area (Å²) in [5.41, 5.74) is 1.12. The molecule has 0 aliphatic carbocycles. The van der Waals surface area contributed by atoms with Crippen molar-refractivity contribution in [2.24, 2.45) is 0 Å². The van der Waals surface area contributed by atoms with E-state index in [0.717, 1.165) is 42.5 Å². The molecule has 136 valence electrons. The van der Waals surface area contributed by atoms with Crippen molar-refractivity contribution in [3.05, 3.63) is 30.1 Å². The van der Waals surface area contributed by atoms with Gasteiger partial charge in [0, 0.05) is 37.1 Å². The molecule has 2 aromatic heterocycles. The predicted octanol–water partition coefficient (Wildman–Crippen LogP) is 0.875. The molecule has 8 nitrogen and oxygen atoms in total. The number of nitrogens with zero attached hydrogens (tertiary/aromatic N) is 5. The number of hydrogen-bond donors (Lipinski definition) is 3. The van der Waals surface area contributed by atoms with E-state index in [9.17, 15) is 5.11 Å². The first-order valence-electron chi connectivity index (χ1n) is 8.73. The van der Waals surface area contributed by atoms with Gasteiger partial charge in [0.05, 0.1) is 12.6 Å². The smallest absolute Gasteiger partial charge is 0.134 e. The second-order valence-electron chi connectivity index (χ2n) is 6.78. The van der Waals surface area contributed by atoms with Crippen molar-refractivity contribution in [1.29, 1.82) is 0 Å². The van der Waals surface area contributed by atoms with Crippen LogP contribution >= 0.6 is 0 Å². The Morgan fingerprint density at radius 3 is 2.92 bits per heavy atom. The van der Waals surface area contributed by atoms with Gasteiger partial charge in [-0.25, -0.2) is 15.0 Å². The van der Waals surface area contributed by atoms with Gasteiger partial charge < -0.3 is 25.2 Å². The van der Waals surface area contributed by atoms with Gasteiger partial charge in [0.15, 0.2) is 0 Å². The summed E-state index contributed by atoms with van der Waals surface area (Å²) in [6.45, 7) is 4.17. The Bertz CT molecular complexity index is 687. The Balaban J connectivity index is 1.67. The van der Waals surface area contributed by atoms with Crippen LogP contribution in [0.3, 0.4) is 0 Å². The van der Waals surface area contributed by atoms with E-state index in [1.807, 2.05) is 26.4 Å².